The highest BCUT2D eigenvalue weighted by Gasteiger charge is 2.27. The Morgan fingerprint density at radius 3 is 2.59 bits per heavy atom. The molecule has 0 fully saturated rings. The van der Waals surface area contributed by atoms with E-state index < -0.39 is 0 Å². The summed E-state index contributed by atoms with van der Waals surface area (Å²) in [5, 5.41) is 5.47. The zero-order valence-electron chi connectivity index (χ0n) is 13.0. The number of aryl methyl sites for hydroxylation is 1. The molecule has 0 unspecified atom stereocenters. The maximum atomic E-state index is 12.3. The Balaban J connectivity index is 0.00000242. The Labute approximate surface area is 140 Å². The highest BCUT2D eigenvalue weighted by molar-refractivity contribution is 7.13. The first-order chi connectivity index (χ1) is 10.0. The van der Waals surface area contributed by atoms with Gasteiger partial charge < -0.3 is 15.5 Å². The molecule has 22 heavy (non-hydrogen) atoms. The summed E-state index contributed by atoms with van der Waals surface area (Å²) in [7, 11) is 0. The highest BCUT2D eigenvalue weighted by Crippen LogP contribution is 2.26. The molecule has 0 saturated carbocycles. The molecule has 0 saturated heterocycles. The van der Waals surface area contributed by atoms with Gasteiger partial charge in [0.25, 0.3) is 5.91 Å². The van der Waals surface area contributed by atoms with Crippen LogP contribution in [0.3, 0.4) is 0 Å². The number of rotatable bonds is 6. The van der Waals surface area contributed by atoms with E-state index in [-0.39, 0.29) is 23.9 Å². The average molecular weight is 344 g/mol. The van der Waals surface area contributed by atoms with Gasteiger partial charge >= 0.3 is 0 Å². The molecule has 122 valence electrons. The summed E-state index contributed by atoms with van der Waals surface area (Å²) in [4.78, 5) is 16.7. The van der Waals surface area contributed by atoms with Crippen molar-refractivity contribution in [3.8, 4) is 10.8 Å². The molecule has 7 heteroatoms. The van der Waals surface area contributed by atoms with E-state index in [0.29, 0.717) is 23.0 Å². The molecule has 0 aliphatic heterocycles. The molecule has 1 amide bonds. The predicted molar refractivity (Wildman–Crippen MR) is 91.6 cm³/mol. The normalized spacial score (nSPS) is 11.1. The maximum Gasteiger partial charge on any atom is 0.271 e. The molecule has 0 radical (unpaired) electrons. The number of nitrogens with zero attached hydrogens (tertiary/aromatic N) is 1. The van der Waals surface area contributed by atoms with Crippen LogP contribution in [0.15, 0.2) is 21.9 Å². The first kappa shape index (κ1) is 18.7. The Hall–Kier alpha value is -1.37. The Bertz CT molecular complexity index is 612. The van der Waals surface area contributed by atoms with Crippen molar-refractivity contribution in [2.75, 3.05) is 6.54 Å². The highest BCUT2D eigenvalue weighted by atomic mass is 35.5. The van der Waals surface area contributed by atoms with Gasteiger partial charge in [0.05, 0.1) is 5.54 Å². The van der Waals surface area contributed by atoms with E-state index in [9.17, 15) is 4.79 Å². The van der Waals surface area contributed by atoms with Gasteiger partial charge in [0.2, 0.25) is 0 Å². The predicted octanol–water partition coefficient (Wildman–Crippen LogP) is 3.38. The quantitative estimate of drug-likeness (QED) is 0.842. The van der Waals surface area contributed by atoms with Crippen LogP contribution in [0, 0.1) is 6.92 Å². The second-order valence-electron chi connectivity index (χ2n) is 5.09. The smallest absolute Gasteiger partial charge is 0.271 e. The van der Waals surface area contributed by atoms with Crippen molar-refractivity contribution >= 4 is 29.7 Å². The van der Waals surface area contributed by atoms with Crippen LogP contribution in [0.25, 0.3) is 10.8 Å². The zero-order valence-corrected chi connectivity index (χ0v) is 14.6. The lowest BCUT2D eigenvalue weighted by atomic mass is 9.93. The van der Waals surface area contributed by atoms with Crippen molar-refractivity contribution in [1.82, 2.24) is 10.3 Å². The molecular formula is C15H22ClN3O2S. The lowest BCUT2D eigenvalue weighted by Crippen LogP contribution is -2.52. The second kappa shape index (κ2) is 7.76. The molecule has 2 aromatic heterocycles. The molecule has 0 bridgehead atoms. The lowest BCUT2D eigenvalue weighted by molar-refractivity contribution is 0.0891. The lowest BCUT2D eigenvalue weighted by Gasteiger charge is -2.31. The monoisotopic (exact) mass is 343 g/mol. The van der Waals surface area contributed by atoms with Gasteiger partial charge in [0, 0.05) is 11.9 Å². The fourth-order valence-electron chi connectivity index (χ4n) is 2.11. The number of hydrogen-bond acceptors (Lipinski definition) is 5. The molecule has 0 spiro atoms. The number of aromatic nitrogens is 1. The summed E-state index contributed by atoms with van der Waals surface area (Å²) < 4.78 is 5.52. The molecular weight excluding hydrogens is 322 g/mol. The number of furan rings is 1. The van der Waals surface area contributed by atoms with Crippen LogP contribution < -0.4 is 11.1 Å². The summed E-state index contributed by atoms with van der Waals surface area (Å²) in [6, 6.07) is 3.74. The summed E-state index contributed by atoms with van der Waals surface area (Å²) in [6.07, 6.45) is 1.58. The van der Waals surface area contributed by atoms with Crippen molar-refractivity contribution in [3.05, 3.63) is 29.0 Å². The van der Waals surface area contributed by atoms with Gasteiger partial charge in [-0.25, -0.2) is 4.98 Å². The zero-order chi connectivity index (χ0) is 15.5. The summed E-state index contributed by atoms with van der Waals surface area (Å²) in [5.41, 5.74) is 5.85. The van der Waals surface area contributed by atoms with E-state index in [1.807, 2.05) is 32.9 Å². The number of nitrogens with two attached hydrogens (primary N) is 1. The fraction of sp³-hybridized carbons (Fsp3) is 0.467. The van der Waals surface area contributed by atoms with E-state index in [0.717, 1.165) is 18.6 Å². The number of amides is 1. The molecule has 2 heterocycles. The molecule has 5 nitrogen and oxygen atoms in total. The van der Waals surface area contributed by atoms with Gasteiger partial charge in [-0.2, -0.15) is 0 Å². The van der Waals surface area contributed by atoms with Crippen LogP contribution in [0.5, 0.6) is 0 Å². The van der Waals surface area contributed by atoms with Crippen molar-refractivity contribution in [2.24, 2.45) is 5.73 Å². The van der Waals surface area contributed by atoms with E-state index in [4.69, 9.17) is 10.2 Å². The molecule has 3 N–H and O–H groups in total. The third-order valence-corrected chi connectivity index (χ3v) is 4.67. The van der Waals surface area contributed by atoms with Crippen LogP contribution in [-0.2, 0) is 0 Å². The number of halogens is 1. The summed E-state index contributed by atoms with van der Waals surface area (Å²) in [5.74, 6) is 1.33. The van der Waals surface area contributed by atoms with Crippen molar-refractivity contribution in [2.45, 2.75) is 39.2 Å². The SMILES string of the molecule is CCC(CC)(CN)NC(=O)c1csc(-c2ccc(C)o2)n1.Cl. The Morgan fingerprint density at radius 2 is 2.09 bits per heavy atom. The standard InChI is InChI=1S/C15H21N3O2S.ClH/c1-4-15(5-2,9-16)18-13(19)11-8-21-14(17-11)12-7-6-10(3)20-12;/h6-8H,4-5,9,16H2,1-3H3,(H,18,19);1H. The van der Waals surface area contributed by atoms with Crippen molar-refractivity contribution < 1.29 is 9.21 Å². The maximum absolute atomic E-state index is 12.3. The number of nitrogens with one attached hydrogen (secondary N) is 1. The van der Waals surface area contributed by atoms with E-state index in [1.165, 1.54) is 11.3 Å². The van der Waals surface area contributed by atoms with E-state index in [1.54, 1.807) is 5.38 Å². The first-order valence-corrected chi connectivity index (χ1v) is 7.96. The number of hydrogen-bond donors (Lipinski definition) is 2. The molecule has 2 aromatic rings. The molecule has 2 rings (SSSR count). The molecule has 0 atom stereocenters. The van der Waals surface area contributed by atoms with Gasteiger partial charge in [0.1, 0.15) is 11.5 Å². The largest absolute Gasteiger partial charge is 0.459 e. The van der Waals surface area contributed by atoms with Gasteiger partial charge in [0.15, 0.2) is 10.8 Å². The number of carbonyl (C=O) groups is 1. The molecule has 0 aromatic carbocycles. The van der Waals surface area contributed by atoms with E-state index >= 15 is 0 Å². The fourth-order valence-corrected chi connectivity index (χ4v) is 2.87. The van der Waals surface area contributed by atoms with Gasteiger partial charge in [-0.15, -0.1) is 23.7 Å². The van der Waals surface area contributed by atoms with Gasteiger partial charge in [-0.05, 0) is 31.9 Å². The van der Waals surface area contributed by atoms with Crippen molar-refractivity contribution in [3.63, 3.8) is 0 Å². The van der Waals surface area contributed by atoms with Crippen LogP contribution in [0.2, 0.25) is 0 Å². The first-order valence-electron chi connectivity index (χ1n) is 7.08. The Kier molecular flexibility index (Phi) is 6.59. The Morgan fingerprint density at radius 1 is 1.41 bits per heavy atom. The number of carbonyl (C=O) groups excluding carboxylic acids is 1. The minimum Gasteiger partial charge on any atom is -0.459 e. The summed E-state index contributed by atoms with van der Waals surface area (Å²) in [6.45, 7) is 6.34. The second-order valence-corrected chi connectivity index (χ2v) is 5.95. The van der Waals surface area contributed by atoms with E-state index in [2.05, 4.69) is 10.3 Å². The minimum absolute atomic E-state index is 0. The molecule has 0 aliphatic carbocycles. The third kappa shape index (κ3) is 3.88. The minimum atomic E-state index is -0.359. The van der Waals surface area contributed by atoms with Gasteiger partial charge in [-0.3, -0.25) is 4.79 Å². The van der Waals surface area contributed by atoms with Crippen LogP contribution in [0.1, 0.15) is 42.9 Å². The van der Waals surface area contributed by atoms with Crippen LogP contribution in [0.4, 0.5) is 0 Å². The summed E-state index contributed by atoms with van der Waals surface area (Å²) >= 11 is 1.40. The molecule has 0 aliphatic rings. The van der Waals surface area contributed by atoms with Crippen molar-refractivity contribution in [1.29, 1.82) is 0 Å². The topological polar surface area (TPSA) is 81.1 Å². The third-order valence-electron chi connectivity index (χ3n) is 3.81. The number of thiazole rings is 1. The van der Waals surface area contributed by atoms with Crippen LogP contribution >= 0.6 is 23.7 Å². The van der Waals surface area contributed by atoms with Gasteiger partial charge in [-0.1, -0.05) is 13.8 Å². The van der Waals surface area contributed by atoms with Crippen LogP contribution in [-0.4, -0.2) is 23.0 Å². The average Bonchev–Trinajstić information content (AvgIpc) is 3.13.